The van der Waals surface area contributed by atoms with Crippen molar-refractivity contribution in [2.24, 2.45) is 10.1 Å². The van der Waals surface area contributed by atoms with Crippen molar-refractivity contribution in [3.8, 4) is 5.75 Å². The summed E-state index contributed by atoms with van der Waals surface area (Å²) in [4.78, 5) is 15.7. The maximum atomic E-state index is 12.7. The number of methoxy groups -OCH3 is 1. The number of halogens is 3. The zero-order chi connectivity index (χ0) is 17.5. The van der Waals surface area contributed by atoms with Crippen LogP contribution in [0.15, 0.2) is 39.9 Å². The molecule has 2 heterocycles. The highest BCUT2D eigenvalue weighted by molar-refractivity contribution is 8.27. The Morgan fingerprint density at radius 3 is 2.71 bits per heavy atom. The van der Waals surface area contributed by atoms with Crippen LogP contribution in [0.2, 0.25) is 0 Å². The number of ether oxygens (including phenoxy) is 1. The molecule has 0 spiro atoms. The van der Waals surface area contributed by atoms with Gasteiger partial charge in [0.15, 0.2) is 5.84 Å². The summed E-state index contributed by atoms with van der Waals surface area (Å²) in [6.45, 7) is 0. The Bertz CT molecular complexity index is 830. The average Bonchev–Trinajstić information content (AvgIpc) is 2.96. The molecule has 6 nitrogen and oxygen atoms in total. The molecule has 0 aliphatic carbocycles. The number of nitrogens with zero attached hydrogens (tertiary/aromatic N) is 3. The summed E-state index contributed by atoms with van der Waals surface area (Å²) in [5, 5.41) is 10.6. The largest absolute Gasteiger partial charge is 0.496 e. The number of alkyl halides is 3. The van der Waals surface area contributed by atoms with Gasteiger partial charge in [-0.25, -0.2) is 0 Å². The van der Waals surface area contributed by atoms with Gasteiger partial charge < -0.3 is 4.74 Å². The minimum atomic E-state index is -4.67. The van der Waals surface area contributed by atoms with Crippen molar-refractivity contribution >= 4 is 39.8 Å². The Hall–Kier alpha value is -2.62. The number of hydrogen-bond acceptors (Lipinski definition) is 5. The monoisotopic (exact) mass is 354 g/mol. The Morgan fingerprint density at radius 1 is 1.33 bits per heavy atom. The molecule has 1 aromatic rings. The van der Waals surface area contributed by atoms with Crippen molar-refractivity contribution in [2.75, 3.05) is 7.11 Å². The van der Waals surface area contributed by atoms with E-state index in [1.165, 1.54) is 13.2 Å². The highest BCUT2D eigenvalue weighted by atomic mass is 32.2. The first kappa shape index (κ1) is 16.2. The summed E-state index contributed by atoms with van der Waals surface area (Å²) in [7, 11) is 1.44. The number of carbonyl (C=O) groups excluding carboxylic acids is 1. The van der Waals surface area contributed by atoms with E-state index in [2.05, 4.69) is 10.1 Å². The predicted octanol–water partition coefficient (Wildman–Crippen LogP) is 2.88. The highest BCUT2D eigenvalue weighted by Crippen LogP contribution is 2.35. The Balaban J connectivity index is 2.01. The summed E-state index contributed by atoms with van der Waals surface area (Å²) in [6.07, 6.45) is -3.32. The molecule has 2 aliphatic heterocycles. The van der Waals surface area contributed by atoms with Gasteiger partial charge in [-0.15, -0.1) is 0 Å². The fourth-order valence-electron chi connectivity index (χ4n) is 2.05. The van der Waals surface area contributed by atoms with E-state index < -0.39 is 23.0 Å². The van der Waals surface area contributed by atoms with Gasteiger partial charge in [0.1, 0.15) is 5.75 Å². The molecule has 24 heavy (non-hydrogen) atoms. The number of nitrogens with one attached hydrogen (secondary N) is 1. The van der Waals surface area contributed by atoms with Crippen molar-refractivity contribution in [3.63, 3.8) is 0 Å². The van der Waals surface area contributed by atoms with Gasteiger partial charge in [0.05, 0.1) is 12.7 Å². The van der Waals surface area contributed by atoms with E-state index in [0.29, 0.717) is 16.3 Å². The summed E-state index contributed by atoms with van der Waals surface area (Å²) in [5.41, 5.74) is 0.328. The molecule has 124 valence electrons. The van der Waals surface area contributed by atoms with Crippen LogP contribution in [-0.4, -0.2) is 40.2 Å². The van der Waals surface area contributed by atoms with Gasteiger partial charge in [-0.3, -0.25) is 10.2 Å². The Morgan fingerprint density at radius 2 is 2.04 bits per heavy atom. The van der Waals surface area contributed by atoms with Crippen LogP contribution in [0.25, 0.3) is 6.08 Å². The summed E-state index contributed by atoms with van der Waals surface area (Å²) in [5.74, 6) is -0.818. The second-order valence-electron chi connectivity index (χ2n) is 4.66. The van der Waals surface area contributed by atoms with Crippen LogP contribution in [-0.2, 0) is 4.79 Å². The molecule has 10 heteroatoms. The molecule has 0 radical (unpaired) electrons. The predicted molar refractivity (Wildman–Crippen MR) is 84.1 cm³/mol. The third-order valence-electron chi connectivity index (χ3n) is 3.14. The normalized spacial score (nSPS) is 19.3. The molecular formula is C14H9F3N4O2S. The fourth-order valence-corrected chi connectivity index (χ4v) is 2.81. The number of amides is 1. The number of carbonyl (C=O) groups is 1. The van der Waals surface area contributed by atoms with Crippen LogP contribution in [0.3, 0.4) is 0 Å². The number of thioether (sulfide) groups is 1. The lowest BCUT2D eigenvalue weighted by atomic mass is 10.1. The first-order chi connectivity index (χ1) is 11.3. The number of para-hydroxylation sites is 1. The molecule has 1 aromatic carbocycles. The lowest BCUT2D eigenvalue weighted by Crippen LogP contribution is -2.35. The molecule has 0 saturated carbocycles. The highest BCUT2D eigenvalue weighted by Gasteiger charge is 2.46. The van der Waals surface area contributed by atoms with Crippen molar-refractivity contribution in [1.82, 2.24) is 5.01 Å². The van der Waals surface area contributed by atoms with Crippen LogP contribution in [0, 0.1) is 5.41 Å². The van der Waals surface area contributed by atoms with Crippen LogP contribution in [0.4, 0.5) is 13.2 Å². The molecule has 0 saturated heterocycles. The lowest BCUT2D eigenvalue weighted by Gasteiger charge is -2.20. The Kier molecular flexibility index (Phi) is 3.91. The number of aliphatic imine (C=N–C) groups is 1. The van der Waals surface area contributed by atoms with E-state index in [-0.39, 0.29) is 22.5 Å². The van der Waals surface area contributed by atoms with Gasteiger partial charge in [0.25, 0.3) is 5.91 Å². The van der Waals surface area contributed by atoms with E-state index in [1.54, 1.807) is 24.3 Å². The molecule has 2 aliphatic rings. The number of benzene rings is 1. The molecule has 0 aromatic heterocycles. The minimum Gasteiger partial charge on any atom is -0.496 e. The number of fused-ring (bicyclic) bond motifs is 1. The molecule has 0 bridgehead atoms. The third-order valence-corrected chi connectivity index (χ3v) is 4.09. The third kappa shape index (κ3) is 2.80. The summed E-state index contributed by atoms with van der Waals surface area (Å²) >= 11 is 0.212. The SMILES string of the molecule is COc1ccccc1/C=C1/C(=N)N2N=C(C(F)(F)F)SC2=NC1=O. The van der Waals surface area contributed by atoms with Crippen molar-refractivity contribution in [2.45, 2.75) is 6.18 Å². The zero-order valence-electron chi connectivity index (χ0n) is 12.1. The quantitative estimate of drug-likeness (QED) is 0.829. The molecule has 3 rings (SSSR count). The number of hydrogen-bond donors (Lipinski definition) is 1. The molecule has 1 amide bonds. The molecule has 0 unspecified atom stereocenters. The van der Waals surface area contributed by atoms with E-state index >= 15 is 0 Å². The minimum absolute atomic E-state index is 0.170. The Labute approximate surface area is 138 Å². The first-order valence-corrected chi connectivity index (χ1v) is 7.33. The fraction of sp³-hybridized carbons (Fsp3) is 0.143. The standard InChI is InChI=1S/C14H9F3N4O2S/c1-23-9-5-3-2-4-7(9)6-8-10(18)21-13(19-11(8)22)24-12(20-21)14(15,16)17/h2-6,18H,1H3/b8-6-,18-10?. The molecule has 0 atom stereocenters. The van der Waals surface area contributed by atoms with Crippen molar-refractivity contribution in [1.29, 1.82) is 5.41 Å². The molecular weight excluding hydrogens is 345 g/mol. The van der Waals surface area contributed by atoms with Crippen LogP contribution < -0.4 is 4.74 Å². The summed E-state index contributed by atoms with van der Waals surface area (Å²) < 4.78 is 43.4. The smallest absolute Gasteiger partial charge is 0.441 e. The second kappa shape index (κ2) is 5.78. The van der Waals surface area contributed by atoms with Gasteiger partial charge in [0, 0.05) is 5.56 Å². The van der Waals surface area contributed by atoms with Gasteiger partial charge in [-0.05, 0) is 23.9 Å². The van der Waals surface area contributed by atoms with Crippen molar-refractivity contribution in [3.05, 3.63) is 35.4 Å². The van der Waals surface area contributed by atoms with Crippen LogP contribution >= 0.6 is 11.8 Å². The lowest BCUT2D eigenvalue weighted by molar-refractivity contribution is -0.114. The number of rotatable bonds is 2. The van der Waals surface area contributed by atoms with Crippen LogP contribution in [0.5, 0.6) is 5.75 Å². The van der Waals surface area contributed by atoms with Gasteiger partial charge >= 0.3 is 6.18 Å². The number of hydrazone groups is 1. The average molecular weight is 354 g/mol. The van der Waals surface area contributed by atoms with Gasteiger partial charge in [-0.2, -0.15) is 28.3 Å². The topological polar surface area (TPSA) is 78.1 Å². The van der Waals surface area contributed by atoms with E-state index in [0.717, 1.165) is 0 Å². The second-order valence-corrected chi connectivity index (χ2v) is 5.62. The maximum absolute atomic E-state index is 12.7. The van der Waals surface area contributed by atoms with E-state index in [4.69, 9.17) is 10.1 Å². The first-order valence-electron chi connectivity index (χ1n) is 6.51. The van der Waals surface area contributed by atoms with Gasteiger partial charge in [0.2, 0.25) is 10.2 Å². The van der Waals surface area contributed by atoms with Gasteiger partial charge in [-0.1, -0.05) is 18.2 Å². The zero-order valence-corrected chi connectivity index (χ0v) is 12.9. The van der Waals surface area contributed by atoms with E-state index in [1.807, 2.05) is 0 Å². The van der Waals surface area contributed by atoms with Crippen LogP contribution in [0.1, 0.15) is 5.56 Å². The number of amidine groups is 2. The molecule has 1 N–H and O–H groups in total. The van der Waals surface area contributed by atoms with E-state index in [9.17, 15) is 18.0 Å². The summed E-state index contributed by atoms with van der Waals surface area (Å²) in [6, 6.07) is 6.73. The maximum Gasteiger partial charge on any atom is 0.441 e. The molecule has 0 fully saturated rings. The van der Waals surface area contributed by atoms with Crippen molar-refractivity contribution < 1.29 is 22.7 Å².